The van der Waals surface area contributed by atoms with Gasteiger partial charge in [0.15, 0.2) is 0 Å². The Morgan fingerprint density at radius 1 is 1.33 bits per heavy atom. The minimum Gasteiger partial charge on any atom is -0.494 e. The van der Waals surface area contributed by atoms with Crippen molar-refractivity contribution in [1.82, 2.24) is 5.32 Å². The molecule has 3 heteroatoms. The molecule has 0 fully saturated rings. The van der Waals surface area contributed by atoms with Gasteiger partial charge in [-0.05, 0) is 49.6 Å². The quantitative estimate of drug-likeness (QED) is 0.782. The van der Waals surface area contributed by atoms with Crippen molar-refractivity contribution in [2.45, 2.75) is 39.2 Å². The van der Waals surface area contributed by atoms with Crippen LogP contribution in [0.1, 0.15) is 37.3 Å². The SMILES string of the molecule is CNC(CO)CCOc1ccc(C(C)C)c(C)c1. The number of aryl methyl sites for hydroxylation is 1. The zero-order valence-corrected chi connectivity index (χ0v) is 11.9. The van der Waals surface area contributed by atoms with E-state index < -0.39 is 0 Å². The van der Waals surface area contributed by atoms with Gasteiger partial charge in [0.1, 0.15) is 5.75 Å². The largest absolute Gasteiger partial charge is 0.494 e. The Morgan fingerprint density at radius 3 is 2.56 bits per heavy atom. The Hall–Kier alpha value is -1.06. The summed E-state index contributed by atoms with van der Waals surface area (Å²) in [5.41, 5.74) is 2.64. The van der Waals surface area contributed by atoms with Crippen molar-refractivity contribution in [3.05, 3.63) is 29.3 Å². The molecular formula is C15H25NO2. The lowest BCUT2D eigenvalue weighted by Gasteiger charge is -2.15. The third-order valence-corrected chi connectivity index (χ3v) is 3.23. The number of nitrogens with one attached hydrogen (secondary N) is 1. The number of benzene rings is 1. The van der Waals surface area contributed by atoms with Gasteiger partial charge in [-0.1, -0.05) is 19.9 Å². The van der Waals surface area contributed by atoms with Crippen molar-refractivity contribution in [1.29, 1.82) is 0 Å². The van der Waals surface area contributed by atoms with Crippen molar-refractivity contribution in [2.24, 2.45) is 0 Å². The molecule has 0 saturated heterocycles. The van der Waals surface area contributed by atoms with E-state index in [2.05, 4.69) is 38.2 Å². The second kappa shape index (κ2) is 7.39. The van der Waals surface area contributed by atoms with Crippen molar-refractivity contribution in [2.75, 3.05) is 20.3 Å². The average Bonchev–Trinajstić information content (AvgIpc) is 2.34. The molecule has 1 aromatic rings. The zero-order valence-electron chi connectivity index (χ0n) is 11.9. The van der Waals surface area contributed by atoms with Crippen molar-refractivity contribution in [3.63, 3.8) is 0 Å². The zero-order chi connectivity index (χ0) is 13.5. The maximum atomic E-state index is 9.05. The fraction of sp³-hybridized carbons (Fsp3) is 0.600. The van der Waals surface area contributed by atoms with Crippen LogP contribution < -0.4 is 10.1 Å². The van der Waals surface area contributed by atoms with Gasteiger partial charge in [0.25, 0.3) is 0 Å². The highest BCUT2D eigenvalue weighted by atomic mass is 16.5. The highest BCUT2D eigenvalue weighted by molar-refractivity contribution is 5.36. The molecule has 0 aliphatic rings. The highest BCUT2D eigenvalue weighted by Gasteiger charge is 2.06. The van der Waals surface area contributed by atoms with E-state index in [9.17, 15) is 0 Å². The van der Waals surface area contributed by atoms with Crippen LogP contribution in [-0.4, -0.2) is 31.4 Å². The molecule has 0 radical (unpaired) electrons. The number of ether oxygens (including phenoxy) is 1. The Balaban J connectivity index is 2.51. The van der Waals surface area contributed by atoms with Crippen LogP contribution in [0.4, 0.5) is 0 Å². The summed E-state index contributed by atoms with van der Waals surface area (Å²) < 4.78 is 5.70. The first-order chi connectivity index (χ1) is 8.58. The predicted octanol–water partition coefficient (Wildman–Crippen LogP) is 2.47. The summed E-state index contributed by atoms with van der Waals surface area (Å²) in [4.78, 5) is 0. The molecule has 0 amide bonds. The van der Waals surface area contributed by atoms with Crippen LogP contribution in [0, 0.1) is 6.92 Å². The molecule has 1 rings (SSSR count). The first-order valence-electron chi connectivity index (χ1n) is 6.60. The number of rotatable bonds is 7. The van der Waals surface area contributed by atoms with Crippen LogP contribution >= 0.6 is 0 Å². The summed E-state index contributed by atoms with van der Waals surface area (Å²) in [6.45, 7) is 7.27. The van der Waals surface area contributed by atoms with E-state index in [1.54, 1.807) is 0 Å². The lowest BCUT2D eigenvalue weighted by atomic mass is 9.98. The summed E-state index contributed by atoms with van der Waals surface area (Å²) in [6.07, 6.45) is 0.804. The molecule has 0 spiro atoms. The van der Waals surface area contributed by atoms with Crippen molar-refractivity contribution >= 4 is 0 Å². The van der Waals surface area contributed by atoms with E-state index in [4.69, 9.17) is 9.84 Å². The fourth-order valence-corrected chi connectivity index (χ4v) is 2.03. The number of hydrogen-bond donors (Lipinski definition) is 2. The summed E-state index contributed by atoms with van der Waals surface area (Å²) in [6, 6.07) is 6.36. The van der Waals surface area contributed by atoms with Gasteiger partial charge in [-0.25, -0.2) is 0 Å². The number of aliphatic hydroxyl groups excluding tert-OH is 1. The summed E-state index contributed by atoms with van der Waals surface area (Å²) >= 11 is 0. The van der Waals surface area contributed by atoms with Crippen molar-refractivity contribution < 1.29 is 9.84 Å². The lowest BCUT2D eigenvalue weighted by molar-refractivity contribution is 0.214. The summed E-state index contributed by atoms with van der Waals surface area (Å²) in [5, 5.41) is 12.1. The predicted molar refractivity (Wildman–Crippen MR) is 75.3 cm³/mol. The maximum absolute atomic E-state index is 9.05. The average molecular weight is 251 g/mol. The molecule has 0 aliphatic carbocycles. The Bertz CT molecular complexity index is 360. The van der Waals surface area contributed by atoms with E-state index in [0.717, 1.165) is 12.2 Å². The third kappa shape index (κ3) is 4.31. The molecule has 2 N–H and O–H groups in total. The van der Waals surface area contributed by atoms with Crippen LogP contribution in [0.2, 0.25) is 0 Å². The number of hydrogen-bond acceptors (Lipinski definition) is 3. The molecule has 0 bridgehead atoms. The topological polar surface area (TPSA) is 41.5 Å². The molecule has 0 heterocycles. The van der Waals surface area contributed by atoms with Gasteiger partial charge in [0, 0.05) is 6.04 Å². The van der Waals surface area contributed by atoms with Crippen LogP contribution in [0.15, 0.2) is 18.2 Å². The highest BCUT2D eigenvalue weighted by Crippen LogP contribution is 2.23. The molecule has 1 aromatic carbocycles. The van der Waals surface area contributed by atoms with Gasteiger partial charge >= 0.3 is 0 Å². The summed E-state index contributed by atoms with van der Waals surface area (Å²) in [7, 11) is 1.85. The normalized spacial score (nSPS) is 12.8. The molecule has 1 unspecified atom stereocenters. The van der Waals surface area contributed by atoms with Gasteiger partial charge in [0.05, 0.1) is 13.2 Å². The molecule has 102 valence electrons. The van der Waals surface area contributed by atoms with Crippen LogP contribution in [0.5, 0.6) is 5.75 Å². The van der Waals surface area contributed by atoms with Crippen LogP contribution in [0.25, 0.3) is 0 Å². The number of likely N-dealkylation sites (N-methyl/N-ethyl adjacent to an activating group) is 1. The van der Waals surface area contributed by atoms with Gasteiger partial charge in [-0.15, -0.1) is 0 Å². The Morgan fingerprint density at radius 2 is 2.06 bits per heavy atom. The Labute approximate surface area is 110 Å². The minimum atomic E-state index is 0.112. The van der Waals surface area contributed by atoms with Crippen LogP contribution in [0.3, 0.4) is 0 Å². The van der Waals surface area contributed by atoms with E-state index in [0.29, 0.717) is 12.5 Å². The van der Waals surface area contributed by atoms with E-state index in [-0.39, 0.29) is 12.6 Å². The van der Waals surface area contributed by atoms with E-state index >= 15 is 0 Å². The van der Waals surface area contributed by atoms with Crippen LogP contribution in [-0.2, 0) is 0 Å². The van der Waals surface area contributed by atoms with Crippen molar-refractivity contribution in [3.8, 4) is 5.75 Å². The molecule has 0 saturated carbocycles. The fourth-order valence-electron chi connectivity index (χ4n) is 2.03. The Kier molecular flexibility index (Phi) is 6.16. The molecule has 3 nitrogen and oxygen atoms in total. The van der Waals surface area contributed by atoms with Gasteiger partial charge in [-0.3, -0.25) is 0 Å². The van der Waals surface area contributed by atoms with Gasteiger partial charge in [0.2, 0.25) is 0 Å². The first-order valence-corrected chi connectivity index (χ1v) is 6.60. The smallest absolute Gasteiger partial charge is 0.119 e. The molecule has 0 aliphatic heterocycles. The molecular weight excluding hydrogens is 226 g/mol. The second-order valence-corrected chi connectivity index (χ2v) is 4.98. The standard InChI is InChI=1S/C15H25NO2/c1-11(2)15-6-5-14(9-12(15)3)18-8-7-13(10-17)16-4/h5-6,9,11,13,16-17H,7-8,10H2,1-4H3. The van der Waals surface area contributed by atoms with E-state index in [1.807, 2.05) is 13.1 Å². The van der Waals surface area contributed by atoms with E-state index in [1.165, 1.54) is 11.1 Å². The lowest BCUT2D eigenvalue weighted by Crippen LogP contribution is -2.30. The second-order valence-electron chi connectivity index (χ2n) is 4.98. The summed E-state index contributed by atoms with van der Waals surface area (Å²) in [5.74, 6) is 1.45. The minimum absolute atomic E-state index is 0.112. The van der Waals surface area contributed by atoms with Gasteiger partial charge in [-0.2, -0.15) is 0 Å². The third-order valence-electron chi connectivity index (χ3n) is 3.23. The van der Waals surface area contributed by atoms with Gasteiger partial charge < -0.3 is 15.2 Å². The molecule has 18 heavy (non-hydrogen) atoms. The first kappa shape index (κ1) is 15.0. The monoisotopic (exact) mass is 251 g/mol. The maximum Gasteiger partial charge on any atom is 0.119 e. The molecule has 0 aromatic heterocycles. The molecule has 1 atom stereocenters. The number of aliphatic hydroxyl groups is 1.